The van der Waals surface area contributed by atoms with Gasteiger partial charge < -0.3 is 10.4 Å². The van der Waals surface area contributed by atoms with E-state index in [0.29, 0.717) is 10.7 Å². The first-order chi connectivity index (χ1) is 9.47. The molecule has 0 saturated heterocycles. The van der Waals surface area contributed by atoms with Crippen molar-refractivity contribution >= 4 is 23.3 Å². The number of nitrogens with one attached hydrogen (secondary N) is 1. The first-order valence-corrected chi connectivity index (χ1v) is 6.71. The van der Waals surface area contributed by atoms with Gasteiger partial charge in [-0.2, -0.15) is 0 Å². The number of carboxylic acids is 1. The number of halogens is 1. The summed E-state index contributed by atoms with van der Waals surface area (Å²) in [5.41, 5.74) is 3.03. The van der Waals surface area contributed by atoms with Crippen LogP contribution in [-0.2, 0) is 0 Å². The lowest BCUT2D eigenvalue weighted by atomic mass is 10.1. The second-order valence-electron chi connectivity index (χ2n) is 4.77. The number of rotatable bonds is 4. The van der Waals surface area contributed by atoms with Gasteiger partial charge in [-0.25, -0.2) is 4.79 Å². The van der Waals surface area contributed by atoms with Gasteiger partial charge in [0.2, 0.25) is 0 Å². The molecule has 0 heterocycles. The molecule has 0 radical (unpaired) electrons. The molecule has 3 nitrogen and oxygen atoms in total. The third-order valence-electron chi connectivity index (χ3n) is 3.16. The molecule has 0 saturated carbocycles. The number of benzene rings is 2. The second-order valence-corrected chi connectivity index (χ2v) is 5.21. The van der Waals surface area contributed by atoms with Crippen LogP contribution in [0.15, 0.2) is 42.5 Å². The van der Waals surface area contributed by atoms with Crippen LogP contribution in [0.5, 0.6) is 0 Å². The number of carboxylic acid groups (broad SMARTS) is 1. The van der Waals surface area contributed by atoms with Gasteiger partial charge >= 0.3 is 5.97 Å². The lowest BCUT2D eigenvalue weighted by Crippen LogP contribution is -2.10. The van der Waals surface area contributed by atoms with E-state index >= 15 is 0 Å². The van der Waals surface area contributed by atoms with Crippen LogP contribution in [0.4, 0.5) is 5.69 Å². The van der Waals surface area contributed by atoms with Crippen LogP contribution < -0.4 is 5.32 Å². The largest absolute Gasteiger partial charge is 0.478 e. The van der Waals surface area contributed by atoms with E-state index in [1.54, 1.807) is 12.1 Å². The Hall–Kier alpha value is -2.00. The van der Waals surface area contributed by atoms with E-state index in [1.807, 2.05) is 38.1 Å². The molecule has 20 heavy (non-hydrogen) atoms. The van der Waals surface area contributed by atoms with Crippen molar-refractivity contribution in [2.24, 2.45) is 0 Å². The summed E-state index contributed by atoms with van der Waals surface area (Å²) in [6, 6.07) is 13.0. The average molecular weight is 290 g/mol. The molecular weight excluding hydrogens is 274 g/mol. The Balaban J connectivity index is 2.25. The molecule has 0 aliphatic carbocycles. The molecule has 0 spiro atoms. The van der Waals surface area contributed by atoms with E-state index in [-0.39, 0.29) is 11.6 Å². The molecule has 104 valence electrons. The zero-order chi connectivity index (χ0) is 14.7. The monoisotopic (exact) mass is 289 g/mol. The number of aromatic carboxylic acids is 1. The fourth-order valence-electron chi connectivity index (χ4n) is 1.99. The summed E-state index contributed by atoms with van der Waals surface area (Å²) >= 11 is 5.84. The smallest absolute Gasteiger partial charge is 0.337 e. The van der Waals surface area contributed by atoms with E-state index in [4.69, 9.17) is 11.6 Å². The van der Waals surface area contributed by atoms with Gasteiger partial charge in [-0.05, 0) is 37.6 Å². The summed E-state index contributed by atoms with van der Waals surface area (Å²) in [5, 5.41) is 12.8. The number of hydrogen-bond acceptors (Lipinski definition) is 2. The maximum Gasteiger partial charge on any atom is 0.337 e. The molecule has 0 bridgehead atoms. The van der Waals surface area contributed by atoms with Gasteiger partial charge in [-0.15, -0.1) is 0 Å². The number of aryl methyl sites for hydroxylation is 1. The van der Waals surface area contributed by atoms with Crippen molar-refractivity contribution in [3.63, 3.8) is 0 Å². The molecule has 0 aliphatic rings. The molecule has 2 aromatic rings. The van der Waals surface area contributed by atoms with Gasteiger partial charge in [0.05, 0.1) is 5.56 Å². The van der Waals surface area contributed by atoms with Gasteiger partial charge in [0.1, 0.15) is 0 Å². The number of carbonyl (C=O) groups is 1. The van der Waals surface area contributed by atoms with Crippen molar-refractivity contribution in [3.05, 3.63) is 64.2 Å². The first-order valence-electron chi connectivity index (χ1n) is 6.33. The third-order valence-corrected chi connectivity index (χ3v) is 3.40. The number of anilines is 1. The highest BCUT2D eigenvalue weighted by atomic mass is 35.5. The Labute approximate surface area is 123 Å². The standard InChI is InChI=1S/C16H16ClNO2/c1-10-3-5-12(6-4-10)11(2)18-15-8-7-13(17)9-14(15)16(19)20/h3-9,11,18H,1-2H3,(H,19,20). The molecule has 0 amide bonds. The minimum absolute atomic E-state index is 0.00914. The molecule has 2 rings (SSSR count). The Morgan fingerprint density at radius 2 is 1.85 bits per heavy atom. The summed E-state index contributed by atoms with van der Waals surface area (Å²) < 4.78 is 0. The van der Waals surface area contributed by atoms with E-state index in [1.165, 1.54) is 11.6 Å². The summed E-state index contributed by atoms with van der Waals surface area (Å²) in [6.07, 6.45) is 0. The Kier molecular flexibility index (Phi) is 4.30. The maximum absolute atomic E-state index is 11.2. The van der Waals surface area contributed by atoms with E-state index in [0.717, 1.165) is 5.56 Å². The van der Waals surface area contributed by atoms with Crippen molar-refractivity contribution in [1.82, 2.24) is 0 Å². The summed E-state index contributed by atoms with van der Waals surface area (Å²) in [6.45, 7) is 4.02. The van der Waals surface area contributed by atoms with Crippen molar-refractivity contribution in [3.8, 4) is 0 Å². The van der Waals surface area contributed by atoms with Gasteiger partial charge in [0.15, 0.2) is 0 Å². The lowest BCUT2D eigenvalue weighted by molar-refractivity contribution is 0.0698. The van der Waals surface area contributed by atoms with Crippen molar-refractivity contribution < 1.29 is 9.90 Å². The van der Waals surface area contributed by atoms with Crippen LogP contribution in [0.2, 0.25) is 5.02 Å². The molecule has 0 aromatic heterocycles. The molecule has 2 N–H and O–H groups in total. The highest BCUT2D eigenvalue weighted by molar-refractivity contribution is 6.31. The molecule has 4 heteroatoms. The van der Waals surface area contributed by atoms with Gasteiger partial charge in [0, 0.05) is 16.8 Å². The van der Waals surface area contributed by atoms with Crippen LogP contribution in [-0.4, -0.2) is 11.1 Å². The molecule has 1 atom stereocenters. The average Bonchev–Trinajstić information content (AvgIpc) is 2.41. The Bertz CT molecular complexity index is 623. The minimum Gasteiger partial charge on any atom is -0.478 e. The van der Waals surface area contributed by atoms with Crippen molar-refractivity contribution in [2.45, 2.75) is 19.9 Å². The summed E-state index contributed by atoms with van der Waals surface area (Å²) in [5.74, 6) is -0.994. The Morgan fingerprint density at radius 3 is 2.45 bits per heavy atom. The number of hydrogen-bond donors (Lipinski definition) is 2. The first kappa shape index (κ1) is 14.4. The van der Waals surface area contributed by atoms with Crippen molar-refractivity contribution in [2.75, 3.05) is 5.32 Å². The van der Waals surface area contributed by atoms with Crippen LogP contribution in [0.25, 0.3) is 0 Å². The quantitative estimate of drug-likeness (QED) is 0.870. The maximum atomic E-state index is 11.2. The van der Waals surface area contributed by atoms with Gasteiger partial charge in [-0.3, -0.25) is 0 Å². The van der Waals surface area contributed by atoms with Crippen LogP contribution in [0.3, 0.4) is 0 Å². The minimum atomic E-state index is -0.994. The predicted octanol–water partition coefficient (Wildman–Crippen LogP) is 4.52. The normalized spacial score (nSPS) is 11.9. The fraction of sp³-hybridized carbons (Fsp3) is 0.188. The fourth-order valence-corrected chi connectivity index (χ4v) is 2.16. The highest BCUT2D eigenvalue weighted by Gasteiger charge is 2.13. The SMILES string of the molecule is Cc1ccc(C(C)Nc2ccc(Cl)cc2C(=O)O)cc1. The van der Waals surface area contributed by atoms with E-state index < -0.39 is 5.97 Å². The molecule has 0 aliphatic heterocycles. The van der Waals surface area contributed by atoms with Crippen molar-refractivity contribution in [1.29, 1.82) is 0 Å². The molecular formula is C16H16ClNO2. The lowest BCUT2D eigenvalue weighted by Gasteiger charge is -2.17. The summed E-state index contributed by atoms with van der Waals surface area (Å²) in [7, 11) is 0. The van der Waals surface area contributed by atoms with Crippen LogP contribution >= 0.6 is 11.6 Å². The zero-order valence-electron chi connectivity index (χ0n) is 11.4. The van der Waals surface area contributed by atoms with Crippen LogP contribution in [0.1, 0.15) is 34.5 Å². The molecule has 1 unspecified atom stereocenters. The van der Waals surface area contributed by atoms with E-state index in [9.17, 15) is 9.90 Å². The van der Waals surface area contributed by atoms with Gasteiger partial charge in [0.25, 0.3) is 0 Å². The van der Waals surface area contributed by atoms with Crippen LogP contribution in [0, 0.1) is 6.92 Å². The zero-order valence-corrected chi connectivity index (χ0v) is 12.1. The topological polar surface area (TPSA) is 49.3 Å². The Morgan fingerprint density at radius 1 is 1.20 bits per heavy atom. The van der Waals surface area contributed by atoms with E-state index in [2.05, 4.69) is 5.32 Å². The summed E-state index contributed by atoms with van der Waals surface area (Å²) in [4.78, 5) is 11.2. The second kappa shape index (κ2) is 5.97. The van der Waals surface area contributed by atoms with Gasteiger partial charge in [-0.1, -0.05) is 41.4 Å². The molecule has 0 fully saturated rings. The predicted molar refractivity (Wildman–Crippen MR) is 81.6 cm³/mol. The molecule has 2 aromatic carbocycles. The highest BCUT2D eigenvalue weighted by Crippen LogP contribution is 2.25. The third kappa shape index (κ3) is 3.31.